The number of halogens is 1. The lowest BCUT2D eigenvalue weighted by molar-refractivity contribution is 0.311. The summed E-state index contributed by atoms with van der Waals surface area (Å²) in [5, 5.41) is 4.21. The third-order valence-electron chi connectivity index (χ3n) is 2.60. The standard InChI is InChI=1S/C14H22ClNO/c1-4-8-16-11(3)13-10-12(15)6-7-14(13)17-9-5-2/h6-7,10-11,16H,4-5,8-9H2,1-3H3. The second-order valence-corrected chi connectivity index (χ2v) is 4.64. The van der Waals surface area contributed by atoms with E-state index in [2.05, 4.69) is 26.1 Å². The molecule has 1 N–H and O–H groups in total. The van der Waals surface area contributed by atoms with Crippen LogP contribution < -0.4 is 10.1 Å². The van der Waals surface area contributed by atoms with Crippen molar-refractivity contribution in [2.45, 2.75) is 39.7 Å². The molecule has 96 valence electrons. The fraction of sp³-hybridized carbons (Fsp3) is 0.571. The predicted molar refractivity (Wildman–Crippen MR) is 73.9 cm³/mol. The van der Waals surface area contributed by atoms with Gasteiger partial charge < -0.3 is 10.1 Å². The number of hydrogen-bond donors (Lipinski definition) is 1. The Hall–Kier alpha value is -0.730. The van der Waals surface area contributed by atoms with Crippen LogP contribution >= 0.6 is 11.6 Å². The van der Waals surface area contributed by atoms with E-state index in [4.69, 9.17) is 16.3 Å². The number of rotatable bonds is 7. The lowest BCUT2D eigenvalue weighted by Crippen LogP contribution is -2.20. The minimum atomic E-state index is 0.264. The molecular formula is C14H22ClNO. The first kappa shape index (κ1) is 14.3. The molecule has 0 saturated carbocycles. The second kappa shape index (κ2) is 7.57. The van der Waals surface area contributed by atoms with Gasteiger partial charge in [-0.3, -0.25) is 0 Å². The van der Waals surface area contributed by atoms with Crippen molar-refractivity contribution in [1.29, 1.82) is 0 Å². The van der Waals surface area contributed by atoms with Crippen molar-refractivity contribution in [3.8, 4) is 5.75 Å². The highest BCUT2D eigenvalue weighted by Gasteiger charge is 2.11. The van der Waals surface area contributed by atoms with Crippen molar-refractivity contribution in [3.05, 3.63) is 28.8 Å². The van der Waals surface area contributed by atoms with E-state index in [9.17, 15) is 0 Å². The minimum Gasteiger partial charge on any atom is -0.493 e. The van der Waals surface area contributed by atoms with E-state index in [0.717, 1.165) is 42.3 Å². The van der Waals surface area contributed by atoms with E-state index in [0.29, 0.717) is 0 Å². The van der Waals surface area contributed by atoms with Crippen molar-refractivity contribution in [2.75, 3.05) is 13.2 Å². The molecule has 3 heteroatoms. The Bertz CT molecular complexity index is 341. The van der Waals surface area contributed by atoms with Gasteiger partial charge in [-0.15, -0.1) is 0 Å². The third-order valence-corrected chi connectivity index (χ3v) is 2.84. The molecule has 0 aliphatic rings. The van der Waals surface area contributed by atoms with Crippen LogP contribution in [-0.2, 0) is 0 Å². The number of hydrogen-bond acceptors (Lipinski definition) is 2. The molecule has 1 aromatic carbocycles. The summed E-state index contributed by atoms with van der Waals surface area (Å²) in [6.07, 6.45) is 2.13. The smallest absolute Gasteiger partial charge is 0.124 e. The number of ether oxygens (including phenoxy) is 1. The van der Waals surface area contributed by atoms with Crippen LogP contribution in [-0.4, -0.2) is 13.2 Å². The zero-order chi connectivity index (χ0) is 12.7. The minimum absolute atomic E-state index is 0.264. The summed E-state index contributed by atoms with van der Waals surface area (Å²) in [4.78, 5) is 0. The first-order valence-electron chi connectivity index (χ1n) is 6.34. The van der Waals surface area contributed by atoms with Crippen molar-refractivity contribution in [2.24, 2.45) is 0 Å². The molecule has 17 heavy (non-hydrogen) atoms. The summed E-state index contributed by atoms with van der Waals surface area (Å²) in [6, 6.07) is 6.08. The molecule has 1 atom stereocenters. The molecule has 1 rings (SSSR count). The first-order valence-corrected chi connectivity index (χ1v) is 6.72. The maximum absolute atomic E-state index is 6.05. The Balaban J connectivity index is 2.81. The summed E-state index contributed by atoms with van der Waals surface area (Å²) < 4.78 is 5.74. The van der Waals surface area contributed by atoms with Gasteiger partial charge >= 0.3 is 0 Å². The maximum atomic E-state index is 6.05. The van der Waals surface area contributed by atoms with Gasteiger partial charge in [0.25, 0.3) is 0 Å². The van der Waals surface area contributed by atoms with Gasteiger partial charge in [0.15, 0.2) is 0 Å². The average Bonchev–Trinajstić information content (AvgIpc) is 2.34. The van der Waals surface area contributed by atoms with Crippen LogP contribution in [0, 0.1) is 0 Å². The zero-order valence-corrected chi connectivity index (χ0v) is 11.7. The predicted octanol–water partition coefficient (Wildman–Crippen LogP) is 4.19. The highest BCUT2D eigenvalue weighted by Crippen LogP contribution is 2.28. The highest BCUT2D eigenvalue weighted by molar-refractivity contribution is 6.30. The Morgan fingerprint density at radius 3 is 2.71 bits per heavy atom. The first-order chi connectivity index (χ1) is 8.19. The molecule has 0 aliphatic heterocycles. The summed E-state index contributed by atoms with van der Waals surface area (Å²) in [7, 11) is 0. The van der Waals surface area contributed by atoms with Crippen molar-refractivity contribution in [1.82, 2.24) is 5.32 Å². The lowest BCUT2D eigenvalue weighted by Gasteiger charge is -2.18. The SMILES string of the molecule is CCCNC(C)c1cc(Cl)ccc1OCCC. The highest BCUT2D eigenvalue weighted by atomic mass is 35.5. The van der Waals surface area contributed by atoms with Gasteiger partial charge in [-0.1, -0.05) is 25.4 Å². The second-order valence-electron chi connectivity index (χ2n) is 4.21. The Morgan fingerprint density at radius 2 is 2.06 bits per heavy atom. The molecule has 0 fully saturated rings. The zero-order valence-electron chi connectivity index (χ0n) is 10.9. The third kappa shape index (κ3) is 4.57. The van der Waals surface area contributed by atoms with Gasteiger partial charge in [-0.2, -0.15) is 0 Å². The molecule has 0 radical (unpaired) electrons. The molecule has 2 nitrogen and oxygen atoms in total. The van der Waals surface area contributed by atoms with Crippen LogP contribution in [0.1, 0.15) is 45.2 Å². The van der Waals surface area contributed by atoms with Crippen molar-refractivity contribution in [3.63, 3.8) is 0 Å². The van der Waals surface area contributed by atoms with Crippen LogP contribution in [0.4, 0.5) is 0 Å². The fourth-order valence-electron chi connectivity index (χ4n) is 1.67. The molecule has 0 heterocycles. The molecule has 0 aromatic heterocycles. The molecule has 0 spiro atoms. The molecule has 0 aliphatic carbocycles. The van der Waals surface area contributed by atoms with Crippen LogP contribution in [0.25, 0.3) is 0 Å². The van der Waals surface area contributed by atoms with Gasteiger partial charge in [-0.05, 0) is 44.5 Å². The van der Waals surface area contributed by atoms with E-state index in [1.54, 1.807) is 0 Å². The maximum Gasteiger partial charge on any atom is 0.124 e. The molecular weight excluding hydrogens is 234 g/mol. The topological polar surface area (TPSA) is 21.3 Å². The lowest BCUT2D eigenvalue weighted by atomic mass is 10.1. The van der Waals surface area contributed by atoms with Crippen LogP contribution in [0.15, 0.2) is 18.2 Å². The average molecular weight is 256 g/mol. The summed E-state index contributed by atoms with van der Waals surface area (Å²) in [5.74, 6) is 0.937. The molecule has 1 unspecified atom stereocenters. The normalized spacial score (nSPS) is 12.5. The van der Waals surface area contributed by atoms with Gasteiger partial charge in [-0.25, -0.2) is 0 Å². The Labute approximate surface area is 109 Å². The monoisotopic (exact) mass is 255 g/mol. The largest absolute Gasteiger partial charge is 0.493 e. The van der Waals surface area contributed by atoms with E-state index < -0.39 is 0 Å². The molecule has 0 amide bonds. The Kier molecular flexibility index (Phi) is 6.38. The van der Waals surface area contributed by atoms with E-state index >= 15 is 0 Å². The summed E-state index contributed by atoms with van der Waals surface area (Å²) in [5.41, 5.74) is 1.14. The van der Waals surface area contributed by atoms with Crippen LogP contribution in [0.3, 0.4) is 0 Å². The van der Waals surface area contributed by atoms with Gasteiger partial charge in [0, 0.05) is 16.6 Å². The number of benzene rings is 1. The van der Waals surface area contributed by atoms with Crippen molar-refractivity contribution >= 4 is 11.6 Å². The summed E-state index contributed by atoms with van der Waals surface area (Å²) in [6.45, 7) is 8.15. The van der Waals surface area contributed by atoms with Crippen molar-refractivity contribution < 1.29 is 4.74 Å². The van der Waals surface area contributed by atoms with E-state index in [1.807, 2.05) is 18.2 Å². The molecule has 1 aromatic rings. The van der Waals surface area contributed by atoms with Gasteiger partial charge in [0.1, 0.15) is 5.75 Å². The Morgan fingerprint density at radius 1 is 1.29 bits per heavy atom. The molecule has 0 bridgehead atoms. The van der Waals surface area contributed by atoms with E-state index in [1.165, 1.54) is 0 Å². The van der Waals surface area contributed by atoms with Gasteiger partial charge in [0.05, 0.1) is 6.61 Å². The summed E-state index contributed by atoms with van der Waals surface area (Å²) >= 11 is 6.05. The van der Waals surface area contributed by atoms with Crippen LogP contribution in [0.2, 0.25) is 5.02 Å². The van der Waals surface area contributed by atoms with Crippen LogP contribution in [0.5, 0.6) is 5.75 Å². The molecule has 0 saturated heterocycles. The fourth-order valence-corrected chi connectivity index (χ4v) is 1.85. The van der Waals surface area contributed by atoms with E-state index in [-0.39, 0.29) is 6.04 Å². The number of nitrogens with one attached hydrogen (secondary N) is 1. The quantitative estimate of drug-likeness (QED) is 0.789. The van der Waals surface area contributed by atoms with Gasteiger partial charge in [0.2, 0.25) is 0 Å².